The number of halogens is 2. The maximum atomic E-state index is 13.0. The van der Waals surface area contributed by atoms with E-state index >= 15 is 0 Å². The highest BCUT2D eigenvalue weighted by atomic mass is 35.5. The Labute approximate surface area is 119 Å². The van der Waals surface area contributed by atoms with Crippen LogP contribution >= 0.6 is 11.6 Å². The molecule has 1 aromatic carbocycles. The van der Waals surface area contributed by atoms with Gasteiger partial charge in [0, 0.05) is 30.6 Å². The van der Waals surface area contributed by atoms with E-state index in [0.29, 0.717) is 17.5 Å². The summed E-state index contributed by atoms with van der Waals surface area (Å²) in [4.78, 5) is 2.36. The minimum absolute atomic E-state index is 0.338. The first-order valence-electron chi connectivity index (χ1n) is 6.80. The van der Waals surface area contributed by atoms with Crippen LogP contribution in [0.15, 0.2) is 18.2 Å². The van der Waals surface area contributed by atoms with Gasteiger partial charge in [0.15, 0.2) is 0 Å². The molecule has 0 aromatic heterocycles. The number of hydrogen-bond acceptors (Lipinski definition) is 2. The quantitative estimate of drug-likeness (QED) is 0.921. The summed E-state index contributed by atoms with van der Waals surface area (Å²) in [6.45, 7) is 6.13. The van der Waals surface area contributed by atoms with Crippen LogP contribution < -0.4 is 0 Å². The van der Waals surface area contributed by atoms with Gasteiger partial charge in [-0.15, -0.1) is 0 Å². The Balaban J connectivity index is 2.03. The van der Waals surface area contributed by atoms with Crippen LogP contribution in [0.25, 0.3) is 0 Å². The highest BCUT2D eigenvalue weighted by molar-refractivity contribution is 6.31. The van der Waals surface area contributed by atoms with Crippen molar-refractivity contribution in [3.05, 3.63) is 34.6 Å². The number of hydrogen-bond donors (Lipinski definition) is 1. The normalized spacial score (nSPS) is 19.9. The van der Waals surface area contributed by atoms with Crippen LogP contribution in [-0.2, 0) is 6.42 Å². The molecule has 1 aliphatic rings. The molecule has 1 N–H and O–H groups in total. The van der Waals surface area contributed by atoms with Crippen molar-refractivity contribution in [2.24, 2.45) is 0 Å². The Morgan fingerprint density at radius 2 is 2.00 bits per heavy atom. The van der Waals surface area contributed by atoms with E-state index in [1.165, 1.54) is 12.1 Å². The molecule has 2 rings (SSSR count). The van der Waals surface area contributed by atoms with Gasteiger partial charge in [-0.3, -0.25) is 0 Å². The van der Waals surface area contributed by atoms with Gasteiger partial charge < -0.3 is 10.0 Å². The Bertz CT molecular complexity index is 442. The minimum Gasteiger partial charge on any atom is -0.389 e. The molecule has 0 unspecified atom stereocenters. The van der Waals surface area contributed by atoms with Gasteiger partial charge in [0.2, 0.25) is 0 Å². The summed E-state index contributed by atoms with van der Waals surface area (Å²) in [7, 11) is 0. The third-order valence-corrected chi connectivity index (χ3v) is 4.35. The molecule has 1 saturated heterocycles. The fourth-order valence-electron chi connectivity index (χ4n) is 2.65. The van der Waals surface area contributed by atoms with Crippen molar-refractivity contribution in [2.45, 2.75) is 44.8 Å². The Morgan fingerprint density at radius 3 is 2.53 bits per heavy atom. The molecule has 0 radical (unpaired) electrons. The minimum atomic E-state index is -0.715. The molecule has 1 aromatic rings. The van der Waals surface area contributed by atoms with E-state index in [2.05, 4.69) is 18.7 Å². The molecule has 0 saturated carbocycles. The molecule has 0 bridgehead atoms. The summed E-state index contributed by atoms with van der Waals surface area (Å²) in [5.41, 5.74) is 0.107. The standard InChI is InChI=1S/C15H21ClFNO/c1-11(2)18-7-5-15(19,6-8-18)10-12-3-4-13(17)9-14(12)16/h3-4,9,11,19H,5-8,10H2,1-2H3. The van der Waals surface area contributed by atoms with Crippen LogP contribution in [0.3, 0.4) is 0 Å². The second-order valence-corrected chi connectivity index (χ2v) is 6.17. The number of likely N-dealkylation sites (tertiary alicyclic amines) is 1. The molecule has 19 heavy (non-hydrogen) atoms. The zero-order valence-electron chi connectivity index (χ0n) is 11.5. The largest absolute Gasteiger partial charge is 0.389 e. The first-order valence-corrected chi connectivity index (χ1v) is 7.18. The average Bonchev–Trinajstić information content (AvgIpc) is 2.33. The zero-order chi connectivity index (χ0) is 14.0. The van der Waals surface area contributed by atoms with Gasteiger partial charge in [-0.1, -0.05) is 17.7 Å². The van der Waals surface area contributed by atoms with E-state index in [-0.39, 0.29) is 5.82 Å². The summed E-state index contributed by atoms with van der Waals surface area (Å²) < 4.78 is 13.0. The summed E-state index contributed by atoms with van der Waals surface area (Å²) in [5, 5.41) is 11.0. The molecule has 0 atom stereocenters. The third-order valence-electron chi connectivity index (χ3n) is 3.99. The van der Waals surface area contributed by atoms with Gasteiger partial charge in [-0.2, -0.15) is 0 Å². The first kappa shape index (κ1) is 14.8. The van der Waals surface area contributed by atoms with Gasteiger partial charge in [-0.05, 0) is 44.4 Å². The van der Waals surface area contributed by atoms with Gasteiger partial charge in [-0.25, -0.2) is 4.39 Å². The highest BCUT2D eigenvalue weighted by Gasteiger charge is 2.33. The molecule has 1 aliphatic heterocycles. The number of aliphatic hydroxyl groups is 1. The summed E-state index contributed by atoms with van der Waals surface area (Å²) >= 11 is 6.03. The lowest BCUT2D eigenvalue weighted by Crippen LogP contribution is -2.47. The second-order valence-electron chi connectivity index (χ2n) is 5.77. The fraction of sp³-hybridized carbons (Fsp3) is 0.600. The summed E-state index contributed by atoms with van der Waals surface area (Å²) in [5.74, 6) is -0.338. The van der Waals surface area contributed by atoms with Crippen LogP contribution in [-0.4, -0.2) is 34.7 Å². The predicted octanol–water partition coefficient (Wildman–Crippen LogP) is 3.26. The van der Waals surface area contributed by atoms with E-state index < -0.39 is 5.60 Å². The van der Waals surface area contributed by atoms with Crippen molar-refractivity contribution < 1.29 is 9.50 Å². The van der Waals surface area contributed by atoms with E-state index in [0.717, 1.165) is 31.5 Å². The summed E-state index contributed by atoms with van der Waals surface area (Å²) in [6.07, 6.45) is 1.97. The molecule has 0 aliphatic carbocycles. The van der Waals surface area contributed by atoms with Gasteiger partial charge in [0.25, 0.3) is 0 Å². The maximum Gasteiger partial charge on any atom is 0.124 e. The molecule has 1 fully saturated rings. The second kappa shape index (κ2) is 5.78. The van der Waals surface area contributed by atoms with E-state index in [1.807, 2.05) is 0 Å². The third kappa shape index (κ3) is 3.68. The van der Waals surface area contributed by atoms with Crippen LogP contribution in [0.2, 0.25) is 5.02 Å². The number of benzene rings is 1. The fourth-order valence-corrected chi connectivity index (χ4v) is 2.89. The summed E-state index contributed by atoms with van der Waals surface area (Å²) in [6, 6.07) is 4.89. The van der Waals surface area contributed by atoms with Gasteiger partial charge >= 0.3 is 0 Å². The molecule has 0 amide bonds. The number of piperidine rings is 1. The molecule has 106 valence electrons. The first-order chi connectivity index (χ1) is 8.89. The van der Waals surface area contributed by atoms with Crippen molar-refractivity contribution in [2.75, 3.05) is 13.1 Å². The van der Waals surface area contributed by atoms with E-state index in [4.69, 9.17) is 11.6 Å². The Hall–Kier alpha value is -0.640. The van der Waals surface area contributed by atoms with E-state index in [1.54, 1.807) is 6.07 Å². The molecule has 0 spiro atoms. The highest BCUT2D eigenvalue weighted by Crippen LogP contribution is 2.30. The topological polar surface area (TPSA) is 23.5 Å². The molecular formula is C15H21ClFNO. The predicted molar refractivity (Wildman–Crippen MR) is 76.0 cm³/mol. The van der Waals surface area contributed by atoms with Crippen LogP contribution in [0.1, 0.15) is 32.3 Å². The van der Waals surface area contributed by atoms with E-state index in [9.17, 15) is 9.50 Å². The van der Waals surface area contributed by atoms with Gasteiger partial charge in [0.05, 0.1) is 5.60 Å². The lowest BCUT2D eigenvalue weighted by molar-refractivity contribution is -0.0271. The van der Waals surface area contributed by atoms with Crippen molar-refractivity contribution in [1.29, 1.82) is 0 Å². The zero-order valence-corrected chi connectivity index (χ0v) is 12.3. The Kier molecular flexibility index (Phi) is 4.49. The van der Waals surface area contributed by atoms with Crippen molar-refractivity contribution in [3.63, 3.8) is 0 Å². The smallest absolute Gasteiger partial charge is 0.124 e. The van der Waals surface area contributed by atoms with Crippen LogP contribution in [0, 0.1) is 5.82 Å². The van der Waals surface area contributed by atoms with Crippen molar-refractivity contribution >= 4 is 11.6 Å². The molecular weight excluding hydrogens is 265 g/mol. The average molecular weight is 286 g/mol. The van der Waals surface area contributed by atoms with Crippen molar-refractivity contribution in [3.8, 4) is 0 Å². The maximum absolute atomic E-state index is 13.0. The molecule has 1 heterocycles. The van der Waals surface area contributed by atoms with Crippen molar-refractivity contribution in [1.82, 2.24) is 4.90 Å². The van der Waals surface area contributed by atoms with Gasteiger partial charge in [0.1, 0.15) is 5.82 Å². The van der Waals surface area contributed by atoms with Crippen LogP contribution in [0.4, 0.5) is 4.39 Å². The Morgan fingerprint density at radius 1 is 1.37 bits per heavy atom. The SMILES string of the molecule is CC(C)N1CCC(O)(Cc2ccc(F)cc2Cl)CC1. The van der Waals surface area contributed by atoms with Crippen LogP contribution in [0.5, 0.6) is 0 Å². The monoisotopic (exact) mass is 285 g/mol. The molecule has 4 heteroatoms. The lowest BCUT2D eigenvalue weighted by Gasteiger charge is -2.40. The number of nitrogens with zero attached hydrogens (tertiary/aromatic N) is 1. The lowest BCUT2D eigenvalue weighted by atomic mass is 9.85. The number of rotatable bonds is 3. The molecule has 2 nitrogen and oxygen atoms in total.